The highest BCUT2D eigenvalue weighted by Crippen LogP contribution is 2.24. The van der Waals surface area contributed by atoms with Crippen LogP contribution in [0.5, 0.6) is 0 Å². The van der Waals surface area contributed by atoms with Crippen molar-refractivity contribution in [2.75, 3.05) is 18.4 Å². The maximum absolute atomic E-state index is 4.68. The summed E-state index contributed by atoms with van der Waals surface area (Å²) >= 11 is 0. The third kappa shape index (κ3) is 3.11. The van der Waals surface area contributed by atoms with Gasteiger partial charge in [-0.2, -0.15) is 0 Å². The van der Waals surface area contributed by atoms with E-state index in [1.54, 1.807) is 6.20 Å². The minimum absolute atomic E-state index is 0.510. The summed E-state index contributed by atoms with van der Waals surface area (Å²) in [7, 11) is 0. The monoisotopic (exact) mass is 269 g/mol. The highest BCUT2D eigenvalue weighted by molar-refractivity contribution is 5.50. The molecule has 2 aromatic rings. The Morgan fingerprint density at radius 2 is 1.95 bits per heavy atom. The number of aryl methyl sites for hydroxylation is 1. The highest BCUT2D eigenvalue weighted by atomic mass is 15.1. The second-order valence-corrected chi connectivity index (χ2v) is 5.14. The lowest BCUT2D eigenvalue weighted by Crippen LogP contribution is -2.27. The van der Waals surface area contributed by atoms with Crippen LogP contribution in [0, 0.1) is 6.92 Å². The van der Waals surface area contributed by atoms with Gasteiger partial charge in [-0.05, 0) is 45.0 Å². The molecule has 3 rings (SSSR count). The summed E-state index contributed by atoms with van der Waals surface area (Å²) in [6.45, 7) is 4.09. The van der Waals surface area contributed by atoms with Crippen LogP contribution in [0.2, 0.25) is 0 Å². The number of nitrogens with zero attached hydrogens (tertiary/aromatic N) is 3. The van der Waals surface area contributed by atoms with Crippen molar-refractivity contribution in [1.29, 1.82) is 0 Å². The number of anilines is 2. The van der Waals surface area contributed by atoms with Crippen LogP contribution < -0.4 is 10.6 Å². The van der Waals surface area contributed by atoms with Gasteiger partial charge in [-0.1, -0.05) is 6.07 Å². The molecule has 5 nitrogen and oxygen atoms in total. The lowest BCUT2D eigenvalue weighted by molar-refractivity contribution is 0.452. The number of pyridine rings is 1. The predicted octanol–water partition coefficient (Wildman–Crippen LogP) is 2.39. The van der Waals surface area contributed by atoms with Crippen molar-refractivity contribution < 1.29 is 0 Å². The second kappa shape index (κ2) is 5.96. The van der Waals surface area contributed by atoms with Gasteiger partial charge in [-0.25, -0.2) is 9.97 Å². The SMILES string of the molecule is Cc1cccc(Nc2cncc(C3CCNCC3)n2)n1. The molecule has 1 aliphatic rings. The van der Waals surface area contributed by atoms with Gasteiger partial charge < -0.3 is 10.6 Å². The maximum Gasteiger partial charge on any atom is 0.150 e. The zero-order valence-corrected chi connectivity index (χ0v) is 11.6. The van der Waals surface area contributed by atoms with Crippen molar-refractivity contribution in [3.63, 3.8) is 0 Å². The molecule has 20 heavy (non-hydrogen) atoms. The van der Waals surface area contributed by atoms with Gasteiger partial charge in [-0.15, -0.1) is 0 Å². The van der Waals surface area contributed by atoms with E-state index in [1.807, 2.05) is 31.3 Å². The van der Waals surface area contributed by atoms with E-state index in [4.69, 9.17) is 0 Å². The minimum atomic E-state index is 0.510. The van der Waals surface area contributed by atoms with Gasteiger partial charge in [0.15, 0.2) is 0 Å². The lowest BCUT2D eigenvalue weighted by Gasteiger charge is -2.22. The van der Waals surface area contributed by atoms with E-state index in [0.29, 0.717) is 5.92 Å². The fourth-order valence-corrected chi connectivity index (χ4v) is 2.50. The standard InChI is InChI=1S/C15H19N5/c1-11-3-2-4-14(18-11)20-15-10-17-9-13(19-15)12-5-7-16-8-6-12/h2-4,9-10,12,16H,5-8H2,1H3,(H,18,19,20). The Balaban J connectivity index is 1.77. The van der Waals surface area contributed by atoms with Crippen LogP contribution in [0.4, 0.5) is 11.6 Å². The van der Waals surface area contributed by atoms with E-state index in [1.165, 1.54) is 0 Å². The number of hydrogen-bond acceptors (Lipinski definition) is 5. The molecular formula is C15H19N5. The molecule has 0 aliphatic carbocycles. The van der Waals surface area contributed by atoms with Crippen molar-refractivity contribution in [3.05, 3.63) is 42.0 Å². The van der Waals surface area contributed by atoms with E-state index >= 15 is 0 Å². The Bertz CT molecular complexity index is 578. The Labute approximate surface area is 118 Å². The molecule has 0 bridgehead atoms. The Morgan fingerprint density at radius 1 is 1.10 bits per heavy atom. The Kier molecular flexibility index (Phi) is 3.87. The summed E-state index contributed by atoms with van der Waals surface area (Å²) < 4.78 is 0. The van der Waals surface area contributed by atoms with Crippen molar-refractivity contribution in [3.8, 4) is 0 Å². The molecule has 104 valence electrons. The largest absolute Gasteiger partial charge is 0.324 e. The minimum Gasteiger partial charge on any atom is -0.324 e. The fraction of sp³-hybridized carbons (Fsp3) is 0.400. The summed E-state index contributed by atoms with van der Waals surface area (Å²) in [5.74, 6) is 2.08. The molecule has 0 unspecified atom stereocenters. The summed E-state index contributed by atoms with van der Waals surface area (Å²) in [4.78, 5) is 13.4. The molecule has 5 heteroatoms. The first-order valence-electron chi connectivity index (χ1n) is 7.04. The molecule has 1 saturated heterocycles. The molecule has 0 amide bonds. The summed E-state index contributed by atoms with van der Waals surface area (Å²) in [6.07, 6.45) is 5.88. The molecule has 3 heterocycles. The number of rotatable bonds is 3. The van der Waals surface area contributed by atoms with Gasteiger partial charge in [0.25, 0.3) is 0 Å². The van der Waals surface area contributed by atoms with Crippen LogP contribution in [-0.2, 0) is 0 Å². The van der Waals surface area contributed by atoms with E-state index in [-0.39, 0.29) is 0 Å². The van der Waals surface area contributed by atoms with Crippen molar-refractivity contribution in [1.82, 2.24) is 20.3 Å². The molecule has 0 radical (unpaired) electrons. The molecular weight excluding hydrogens is 250 g/mol. The van der Waals surface area contributed by atoms with Crippen LogP contribution in [-0.4, -0.2) is 28.0 Å². The smallest absolute Gasteiger partial charge is 0.150 e. The molecule has 2 N–H and O–H groups in total. The van der Waals surface area contributed by atoms with Gasteiger partial charge in [0.2, 0.25) is 0 Å². The van der Waals surface area contributed by atoms with Crippen molar-refractivity contribution >= 4 is 11.6 Å². The Hall–Kier alpha value is -2.01. The first-order chi connectivity index (χ1) is 9.81. The summed E-state index contributed by atoms with van der Waals surface area (Å²) in [5.41, 5.74) is 2.06. The van der Waals surface area contributed by atoms with Gasteiger partial charge in [-0.3, -0.25) is 4.98 Å². The zero-order chi connectivity index (χ0) is 13.8. The second-order valence-electron chi connectivity index (χ2n) is 5.14. The van der Waals surface area contributed by atoms with Crippen molar-refractivity contribution in [2.45, 2.75) is 25.7 Å². The number of hydrogen-bond donors (Lipinski definition) is 2. The molecule has 1 fully saturated rings. The summed E-state index contributed by atoms with van der Waals surface area (Å²) in [6, 6.07) is 5.89. The number of nitrogens with one attached hydrogen (secondary N) is 2. The van der Waals surface area contributed by atoms with E-state index in [2.05, 4.69) is 25.6 Å². The molecule has 0 saturated carbocycles. The molecule has 2 aromatic heterocycles. The van der Waals surface area contributed by atoms with Crippen LogP contribution in [0.1, 0.15) is 30.1 Å². The normalized spacial score (nSPS) is 16.1. The highest BCUT2D eigenvalue weighted by Gasteiger charge is 2.17. The summed E-state index contributed by atoms with van der Waals surface area (Å²) in [5, 5.41) is 6.60. The van der Waals surface area contributed by atoms with Gasteiger partial charge >= 0.3 is 0 Å². The topological polar surface area (TPSA) is 62.7 Å². The van der Waals surface area contributed by atoms with Crippen molar-refractivity contribution in [2.24, 2.45) is 0 Å². The lowest BCUT2D eigenvalue weighted by atomic mass is 9.95. The van der Waals surface area contributed by atoms with Gasteiger partial charge in [0.1, 0.15) is 11.6 Å². The molecule has 0 atom stereocenters. The average Bonchev–Trinajstić information content (AvgIpc) is 2.48. The van der Waals surface area contributed by atoms with Crippen LogP contribution >= 0.6 is 0 Å². The quantitative estimate of drug-likeness (QED) is 0.896. The van der Waals surface area contributed by atoms with Crippen LogP contribution in [0.3, 0.4) is 0 Å². The first kappa shape index (κ1) is 13.0. The van der Waals surface area contributed by atoms with Crippen LogP contribution in [0.15, 0.2) is 30.6 Å². The number of aromatic nitrogens is 3. The Morgan fingerprint density at radius 3 is 2.75 bits per heavy atom. The fourth-order valence-electron chi connectivity index (χ4n) is 2.50. The van der Waals surface area contributed by atoms with Gasteiger partial charge in [0, 0.05) is 17.8 Å². The first-order valence-corrected chi connectivity index (χ1v) is 7.04. The molecule has 1 aliphatic heterocycles. The van der Waals surface area contributed by atoms with E-state index < -0.39 is 0 Å². The molecule has 0 aromatic carbocycles. The van der Waals surface area contributed by atoms with E-state index in [0.717, 1.165) is 49.0 Å². The third-order valence-corrected chi connectivity index (χ3v) is 3.56. The third-order valence-electron chi connectivity index (χ3n) is 3.56. The number of piperidine rings is 1. The zero-order valence-electron chi connectivity index (χ0n) is 11.6. The maximum atomic E-state index is 4.68. The van der Waals surface area contributed by atoms with Gasteiger partial charge in [0.05, 0.1) is 11.9 Å². The van der Waals surface area contributed by atoms with E-state index in [9.17, 15) is 0 Å². The predicted molar refractivity (Wildman–Crippen MR) is 79.1 cm³/mol. The molecule has 0 spiro atoms. The van der Waals surface area contributed by atoms with Crippen LogP contribution in [0.25, 0.3) is 0 Å². The average molecular weight is 269 g/mol.